The monoisotopic (exact) mass is 354 g/mol. The normalized spacial score (nSPS) is 19.8. The lowest BCUT2D eigenvalue weighted by Crippen LogP contribution is -2.49. The molecule has 24 heavy (non-hydrogen) atoms. The summed E-state index contributed by atoms with van der Waals surface area (Å²) in [5.74, 6) is 0. The van der Waals surface area contributed by atoms with Crippen molar-refractivity contribution in [1.29, 1.82) is 5.26 Å². The van der Waals surface area contributed by atoms with Gasteiger partial charge in [-0.1, -0.05) is 0 Å². The van der Waals surface area contributed by atoms with E-state index in [1.807, 2.05) is 0 Å². The van der Waals surface area contributed by atoms with E-state index in [1.165, 1.54) is 6.07 Å². The number of rotatable bonds is 2. The number of hydrogen-bond donors (Lipinski definition) is 1. The zero-order chi connectivity index (χ0) is 18.3. The number of anilines is 1. The first-order valence-corrected chi connectivity index (χ1v) is 6.29. The molecule has 1 unspecified atom stereocenters. The Balaban J connectivity index is 2.49. The van der Waals surface area contributed by atoms with E-state index in [2.05, 4.69) is 4.74 Å². The molecule has 0 saturated carbocycles. The van der Waals surface area contributed by atoms with Gasteiger partial charge < -0.3 is 9.84 Å². The van der Waals surface area contributed by atoms with E-state index in [1.54, 1.807) is 0 Å². The Morgan fingerprint density at radius 3 is 2.42 bits per heavy atom. The molecule has 0 aromatic heterocycles. The molecule has 1 aliphatic rings. The molecule has 1 aromatic carbocycles. The Morgan fingerprint density at radius 1 is 1.29 bits per heavy atom. The molecule has 0 spiro atoms. The molecule has 1 N–H and O–H groups in total. The minimum Gasteiger partial charge on any atom is -0.447 e. The van der Waals surface area contributed by atoms with Gasteiger partial charge in [0.25, 0.3) is 0 Å². The Kier molecular flexibility index (Phi) is 4.36. The van der Waals surface area contributed by atoms with Gasteiger partial charge in [0, 0.05) is 5.69 Å². The average Bonchev–Trinajstić information content (AvgIpc) is 2.85. The number of aliphatic hydroxyl groups is 1. The van der Waals surface area contributed by atoms with Gasteiger partial charge in [-0.3, -0.25) is 4.90 Å². The summed E-state index contributed by atoms with van der Waals surface area (Å²) in [6, 6.07) is 1.32. The van der Waals surface area contributed by atoms with Gasteiger partial charge >= 0.3 is 18.4 Å². The quantitative estimate of drug-likeness (QED) is 0.829. The largest absolute Gasteiger partial charge is 0.447 e. The van der Waals surface area contributed by atoms with Crippen LogP contribution >= 0.6 is 0 Å². The van der Waals surface area contributed by atoms with Crippen LogP contribution in [0.4, 0.5) is 36.8 Å². The number of carbonyl (C=O) groups is 1. The topological polar surface area (TPSA) is 73.6 Å². The lowest BCUT2D eigenvalue weighted by molar-refractivity contribution is -0.209. The molecule has 2 atom stereocenters. The van der Waals surface area contributed by atoms with Crippen molar-refractivity contribution in [3.8, 4) is 6.07 Å². The van der Waals surface area contributed by atoms with E-state index in [0.717, 1.165) is 12.1 Å². The first kappa shape index (κ1) is 17.9. The zero-order valence-electron chi connectivity index (χ0n) is 11.5. The standard InChI is InChI=1S/C13H8F6N2O3/c14-12(15,16)8-3-7(2-1-6(8)4-20)21-9(5-24-11(21)23)10(22)13(17,18)19/h1-3,9-10,22H,5H2/t9-,10?/m1/s1. The van der Waals surface area contributed by atoms with Crippen LogP contribution < -0.4 is 4.90 Å². The van der Waals surface area contributed by atoms with Gasteiger partial charge in [-0.25, -0.2) is 4.79 Å². The summed E-state index contributed by atoms with van der Waals surface area (Å²) < 4.78 is 81.1. The summed E-state index contributed by atoms with van der Waals surface area (Å²) in [5.41, 5.74) is -2.74. The minimum atomic E-state index is -5.10. The molecule has 1 aliphatic heterocycles. The highest BCUT2D eigenvalue weighted by atomic mass is 19.4. The Bertz CT molecular complexity index is 694. The summed E-state index contributed by atoms with van der Waals surface area (Å²) in [5, 5.41) is 18.0. The second-order valence-electron chi connectivity index (χ2n) is 4.84. The number of amides is 1. The third-order valence-electron chi connectivity index (χ3n) is 3.31. The van der Waals surface area contributed by atoms with E-state index < -0.39 is 54.0 Å². The summed E-state index contributed by atoms with van der Waals surface area (Å²) in [6.07, 6.45) is -14.4. The van der Waals surface area contributed by atoms with Gasteiger partial charge in [-0.2, -0.15) is 31.6 Å². The van der Waals surface area contributed by atoms with Crippen LogP contribution in [-0.2, 0) is 10.9 Å². The predicted molar refractivity (Wildman–Crippen MR) is 65.8 cm³/mol. The second-order valence-corrected chi connectivity index (χ2v) is 4.84. The Hall–Kier alpha value is -2.48. The number of aliphatic hydroxyl groups excluding tert-OH is 1. The molecule has 1 amide bonds. The van der Waals surface area contributed by atoms with Gasteiger partial charge in [-0.15, -0.1) is 0 Å². The van der Waals surface area contributed by atoms with Crippen molar-refractivity contribution in [1.82, 2.24) is 0 Å². The maximum Gasteiger partial charge on any atom is 0.417 e. The fraction of sp³-hybridized carbons (Fsp3) is 0.385. The molecule has 1 fully saturated rings. The Labute approximate surface area is 130 Å². The number of cyclic esters (lactones) is 1. The fourth-order valence-corrected chi connectivity index (χ4v) is 2.20. The molecule has 0 aliphatic carbocycles. The fourth-order valence-electron chi connectivity index (χ4n) is 2.20. The summed E-state index contributed by atoms with van der Waals surface area (Å²) in [6.45, 7) is -0.846. The number of nitrogens with zero attached hydrogens (tertiary/aromatic N) is 2. The van der Waals surface area contributed by atoms with Crippen LogP contribution in [0.25, 0.3) is 0 Å². The number of ether oxygens (including phenoxy) is 1. The van der Waals surface area contributed by atoms with Crippen LogP contribution in [-0.4, -0.2) is 36.1 Å². The first-order chi connectivity index (χ1) is 11.0. The van der Waals surface area contributed by atoms with Crippen LogP contribution in [0.2, 0.25) is 0 Å². The number of hydrogen-bond acceptors (Lipinski definition) is 4. The zero-order valence-corrected chi connectivity index (χ0v) is 11.5. The lowest BCUT2D eigenvalue weighted by Gasteiger charge is -2.27. The number of halogens is 6. The first-order valence-electron chi connectivity index (χ1n) is 6.29. The van der Waals surface area contributed by atoms with E-state index in [-0.39, 0.29) is 4.90 Å². The number of nitriles is 1. The SMILES string of the molecule is N#Cc1ccc(N2C(=O)OC[C@@H]2C(O)C(F)(F)F)cc1C(F)(F)F. The lowest BCUT2D eigenvalue weighted by atomic mass is 10.0. The van der Waals surface area contributed by atoms with Crippen molar-refractivity contribution in [3.05, 3.63) is 29.3 Å². The highest BCUT2D eigenvalue weighted by Gasteiger charge is 2.51. The maximum absolute atomic E-state index is 12.9. The number of benzene rings is 1. The summed E-state index contributed by atoms with van der Waals surface area (Å²) in [7, 11) is 0. The predicted octanol–water partition coefficient (Wildman–Crippen LogP) is 2.83. The van der Waals surface area contributed by atoms with E-state index >= 15 is 0 Å². The molecule has 11 heteroatoms. The second kappa shape index (κ2) is 5.86. The molecule has 0 bridgehead atoms. The van der Waals surface area contributed by atoms with E-state index in [0.29, 0.717) is 6.07 Å². The molecule has 2 rings (SSSR count). The Morgan fingerprint density at radius 2 is 1.92 bits per heavy atom. The third-order valence-corrected chi connectivity index (χ3v) is 3.31. The third kappa shape index (κ3) is 3.23. The minimum absolute atomic E-state index is 0.286. The van der Waals surface area contributed by atoms with E-state index in [4.69, 9.17) is 5.26 Å². The smallest absolute Gasteiger partial charge is 0.417 e. The molecule has 130 valence electrons. The molecular formula is C13H8F6N2O3. The average molecular weight is 354 g/mol. The van der Waals surface area contributed by atoms with Gasteiger partial charge in [0.05, 0.1) is 17.2 Å². The van der Waals surface area contributed by atoms with Crippen LogP contribution in [0.3, 0.4) is 0 Å². The molecule has 5 nitrogen and oxygen atoms in total. The van der Waals surface area contributed by atoms with E-state index in [9.17, 15) is 36.2 Å². The number of carbonyl (C=O) groups excluding carboxylic acids is 1. The summed E-state index contributed by atoms with van der Waals surface area (Å²) >= 11 is 0. The molecular weight excluding hydrogens is 346 g/mol. The van der Waals surface area contributed by atoms with Crippen LogP contribution in [0, 0.1) is 11.3 Å². The van der Waals surface area contributed by atoms with Crippen molar-refractivity contribution < 1.29 is 41.0 Å². The molecule has 1 heterocycles. The highest BCUT2D eigenvalue weighted by molar-refractivity contribution is 5.90. The maximum atomic E-state index is 12.9. The van der Waals surface area contributed by atoms with Crippen molar-refractivity contribution in [2.45, 2.75) is 24.5 Å². The van der Waals surface area contributed by atoms with Crippen LogP contribution in [0.1, 0.15) is 11.1 Å². The van der Waals surface area contributed by atoms with Gasteiger partial charge in [-0.05, 0) is 18.2 Å². The number of alkyl halides is 6. The van der Waals surface area contributed by atoms with Crippen molar-refractivity contribution in [2.75, 3.05) is 11.5 Å². The van der Waals surface area contributed by atoms with Crippen LogP contribution in [0.5, 0.6) is 0 Å². The molecule has 1 aromatic rings. The van der Waals surface area contributed by atoms with Gasteiger partial charge in [0.15, 0.2) is 6.10 Å². The van der Waals surface area contributed by atoms with Crippen molar-refractivity contribution >= 4 is 11.8 Å². The highest BCUT2D eigenvalue weighted by Crippen LogP contribution is 2.37. The van der Waals surface area contributed by atoms with Gasteiger partial charge in [0.1, 0.15) is 12.6 Å². The molecule has 0 radical (unpaired) electrons. The van der Waals surface area contributed by atoms with Crippen molar-refractivity contribution in [2.24, 2.45) is 0 Å². The molecule has 1 saturated heterocycles. The summed E-state index contributed by atoms with van der Waals surface area (Å²) in [4.78, 5) is 11.9. The van der Waals surface area contributed by atoms with Crippen LogP contribution in [0.15, 0.2) is 18.2 Å². The van der Waals surface area contributed by atoms with Gasteiger partial charge in [0.2, 0.25) is 0 Å². The van der Waals surface area contributed by atoms with Crippen molar-refractivity contribution in [3.63, 3.8) is 0 Å².